The van der Waals surface area contributed by atoms with E-state index in [-0.39, 0.29) is 13.0 Å². The average molecular weight is 185 g/mol. The molecule has 0 heterocycles. The Morgan fingerprint density at radius 3 is 2.42 bits per heavy atom. The van der Waals surface area contributed by atoms with Crippen LogP contribution in [0.5, 0.6) is 0 Å². The van der Waals surface area contributed by atoms with E-state index in [1.807, 2.05) is 0 Å². The fourth-order valence-corrected chi connectivity index (χ4v) is 0.473. The molecule has 0 aliphatic carbocycles. The Bertz CT molecular complexity index is 162. The molecule has 0 spiro atoms. The van der Waals surface area contributed by atoms with Gasteiger partial charge in [0.15, 0.2) is 0 Å². The van der Waals surface area contributed by atoms with E-state index in [2.05, 4.69) is 4.74 Å². The van der Waals surface area contributed by atoms with Gasteiger partial charge in [-0.25, -0.2) is 4.39 Å². The molecule has 0 fully saturated rings. The van der Waals surface area contributed by atoms with Gasteiger partial charge in [-0.3, -0.25) is 0 Å². The second-order valence-electron chi connectivity index (χ2n) is 2.01. The van der Waals surface area contributed by atoms with Crippen LogP contribution in [0.3, 0.4) is 0 Å². The molecule has 6 heteroatoms. The van der Waals surface area contributed by atoms with Crippen molar-refractivity contribution >= 4 is 0 Å². The Balaban J connectivity index is 3.48. The van der Waals surface area contributed by atoms with Gasteiger partial charge in [0.1, 0.15) is 0 Å². The maximum absolute atomic E-state index is 12.2. The lowest BCUT2D eigenvalue weighted by Crippen LogP contribution is -2.18. The topological polar surface area (TPSA) is 33.0 Å². The molecule has 1 atom stereocenters. The van der Waals surface area contributed by atoms with Gasteiger partial charge >= 0.3 is 6.18 Å². The Hall–Kier alpha value is -0.830. The van der Waals surface area contributed by atoms with Crippen molar-refractivity contribution in [1.82, 2.24) is 0 Å². The van der Waals surface area contributed by atoms with Crippen molar-refractivity contribution in [1.29, 1.82) is 5.26 Å². The number of ether oxygens (including phenoxy) is 1. The zero-order chi connectivity index (χ0) is 9.61. The fraction of sp³-hybridized carbons (Fsp3) is 0.833. The Kier molecular flexibility index (Phi) is 4.59. The van der Waals surface area contributed by atoms with E-state index in [9.17, 15) is 17.6 Å². The summed E-state index contributed by atoms with van der Waals surface area (Å²) in [7, 11) is 0. The molecule has 70 valence electrons. The monoisotopic (exact) mass is 185 g/mol. The first-order chi connectivity index (χ1) is 5.45. The summed E-state index contributed by atoms with van der Waals surface area (Å²) in [5.74, 6) is 0. The van der Waals surface area contributed by atoms with Gasteiger partial charge in [-0.05, 0) is 0 Å². The summed E-state index contributed by atoms with van der Waals surface area (Å²) in [6.07, 6.45) is -8.67. The van der Waals surface area contributed by atoms with Crippen LogP contribution in [0.2, 0.25) is 0 Å². The second-order valence-corrected chi connectivity index (χ2v) is 2.01. The summed E-state index contributed by atoms with van der Waals surface area (Å²) in [6.45, 7) is -0.312. The number of hydrogen-bond acceptors (Lipinski definition) is 2. The first kappa shape index (κ1) is 11.2. The van der Waals surface area contributed by atoms with Gasteiger partial charge in [-0.2, -0.15) is 18.4 Å². The largest absolute Gasteiger partial charge is 0.394 e. The molecule has 0 saturated heterocycles. The molecule has 0 aromatic carbocycles. The lowest BCUT2D eigenvalue weighted by molar-refractivity contribution is -0.182. The zero-order valence-corrected chi connectivity index (χ0v) is 6.07. The van der Waals surface area contributed by atoms with Crippen molar-refractivity contribution in [3.05, 3.63) is 0 Å². The molecule has 0 aliphatic rings. The minimum atomic E-state index is -4.56. The van der Waals surface area contributed by atoms with Gasteiger partial charge in [0, 0.05) is 0 Å². The van der Waals surface area contributed by atoms with E-state index in [1.165, 1.54) is 0 Å². The number of nitrogens with zero attached hydrogens (tertiary/aromatic N) is 1. The van der Waals surface area contributed by atoms with Gasteiger partial charge < -0.3 is 4.74 Å². The minimum Gasteiger partial charge on any atom is -0.347 e. The van der Waals surface area contributed by atoms with E-state index in [0.29, 0.717) is 0 Å². The molecule has 0 rings (SSSR count). The molecular weight excluding hydrogens is 178 g/mol. The van der Waals surface area contributed by atoms with Gasteiger partial charge in [-0.15, -0.1) is 0 Å². The predicted octanol–water partition coefficient (Wildman–Crippen LogP) is 2.16. The van der Waals surface area contributed by atoms with Crippen LogP contribution in [-0.2, 0) is 4.74 Å². The fourth-order valence-electron chi connectivity index (χ4n) is 0.473. The third kappa shape index (κ3) is 7.28. The normalized spacial score (nSPS) is 13.9. The molecule has 0 amide bonds. The van der Waals surface area contributed by atoms with Crippen LogP contribution in [0.25, 0.3) is 0 Å². The molecule has 1 unspecified atom stereocenters. The van der Waals surface area contributed by atoms with Crippen molar-refractivity contribution in [2.45, 2.75) is 25.4 Å². The molecule has 0 radical (unpaired) electrons. The summed E-state index contributed by atoms with van der Waals surface area (Å²) in [6, 6.07) is 1.61. The number of hydrogen-bond donors (Lipinski definition) is 0. The summed E-state index contributed by atoms with van der Waals surface area (Å²) in [5, 5.41) is 7.94. The van der Waals surface area contributed by atoms with Gasteiger partial charge in [0.2, 0.25) is 6.36 Å². The predicted molar refractivity (Wildman–Crippen MR) is 31.7 cm³/mol. The van der Waals surface area contributed by atoms with Crippen molar-refractivity contribution < 1.29 is 22.3 Å². The van der Waals surface area contributed by atoms with Crippen molar-refractivity contribution in [2.75, 3.05) is 6.61 Å². The van der Waals surface area contributed by atoms with Crippen molar-refractivity contribution in [3.8, 4) is 6.07 Å². The van der Waals surface area contributed by atoms with E-state index >= 15 is 0 Å². The van der Waals surface area contributed by atoms with Gasteiger partial charge in [0.25, 0.3) is 0 Å². The van der Waals surface area contributed by atoms with Crippen molar-refractivity contribution in [2.24, 2.45) is 0 Å². The zero-order valence-electron chi connectivity index (χ0n) is 6.07. The SMILES string of the molecule is N#CCCOC(F)CC(F)(F)F. The Labute approximate surface area is 66.7 Å². The second kappa shape index (κ2) is 4.93. The van der Waals surface area contributed by atoms with Crippen LogP contribution >= 0.6 is 0 Å². The summed E-state index contributed by atoms with van der Waals surface area (Å²) < 4.78 is 50.5. The van der Waals surface area contributed by atoms with Crippen LogP contribution in [0, 0.1) is 11.3 Å². The number of rotatable bonds is 4. The Morgan fingerprint density at radius 2 is 2.00 bits per heavy atom. The molecule has 0 N–H and O–H groups in total. The van der Waals surface area contributed by atoms with Gasteiger partial charge in [0.05, 0.1) is 25.5 Å². The highest BCUT2D eigenvalue weighted by molar-refractivity contribution is 4.67. The molecule has 0 aromatic heterocycles. The third-order valence-electron chi connectivity index (χ3n) is 0.905. The lowest BCUT2D eigenvalue weighted by atomic mass is 10.4. The maximum atomic E-state index is 12.2. The number of halogens is 4. The van der Waals surface area contributed by atoms with Crippen LogP contribution in [0.4, 0.5) is 17.6 Å². The molecule has 0 saturated carbocycles. The van der Waals surface area contributed by atoms with Crippen LogP contribution < -0.4 is 0 Å². The first-order valence-corrected chi connectivity index (χ1v) is 3.15. The maximum Gasteiger partial charge on any atom is 0.394 e. The highest BCUT2D eigenvalue weighted by Gasteiger charge is 2.32. The van der Waals surface area contributed by atoms with Crippen LogP contribution in [-0.4, -0.2) is 19.1 Å². The first-order valence-electron chi connectivity index (χ1n) is 3.15. The molecule has 12 heavy (non-hydrogen) atoms. The quantitative estimate of drug-likeness (QED) is 0.496. The van der Waals surface area contributed by atoms with E-state index in [1.54, 1.807) is 6.07 Å². The number of alkyl halides is 4. The van der Waals surface area contributed by atoms with Crippen LogP contribution in [0.15, 0.2) is 0 Å². The van der Waals surface area contributed by atoms with Crippen LogP contribution in [0.1, 0.15) is 12.8 Å². The van der Waals surface area contributed by atoms with Gasteiger partial charge in [-0.1, -0.05) is 0 Å². The highest BCUT2D eigenvalue weighted by Crippen LogP contribution is 2.23. The third-order valence-corrected chi connectivity index (χ3v) is 0.905. The standard InChI is InChI=1S/C6H7F4NO/c7-5(4-6(8,9)10)12-3-1-2-11/h5H,1,3-4H2. The summed E-state index contributed by atoms with van der Waals surface area (Å²) in [5.41, 5.74) is 0. The molecule has 2 nitrogen and oxygen atoms in total. The van der Waals surface area contributed by atoms with E-state index in [0.717, 1.165) is 0 Å². The van der Waals surface area contributed by atoms with E-state index in [4.69, 9.17) is 5.26 Å². The molecular formula is C6H7F4NO. The summed E-state index contributed by atoms with van der Waals surface area (Å²) >= 11 is 0. The van der Waals surface area contributed by atoms with Crippen molar-refractivity contribution in [3.63, 3.8) is 0 Å². The smallest absolute Gasteiger partial charge is 0.347 e. The number of nitriles is 1. The average Bonchev–Trinajstić information content (AvgIpc) is 1.84. The van der Waals surface area contributed by atoms with E-state index < -0.39 is 19.0 Å². The minimum absolute atomic E-state index is 0.113. The lowest BCUT2D eigenvalue weighted by Gasteiger charge is -2.10. The Morgan fingerprint density at radius 1 is 1.42 bits per heavy atom. The molecule has 0 aliphatic heterocycles. The summed E-state index contributed by atoms with van der Waals surface area (Å²) in [4.78, 5) is 0. The molecule has 0 aromatic rings. The molecule has 0 bridgehead atoms. The highest BCUT2D eigenvalue weighted by atomic mass is 19.4.